The second-order valence-electron chi connectivity index (χ2n) is 12.2. The largest absolute Gasteiger partial charge is 0.475 e. The van der Waals surface area contributed by atoms with Crippen molar-refractivity contribution in [2.45, 2.75) is 79.6 Å². The first-order valence-electron chi connectivity index (χ1n) is 14.1. The van der Waals surface area contributed by atoms with Gasteiger partial charge >= 0.3 is 0 Å². The van der Waals surface area contributed by atoms with E-state index in [2.05, 4.69) is 67.5 Å². The second kappa shape index (κ2) is 10.7. The van der Waals surface area contributed by atoms with Crippen LogP contribution in [-0.2, 0) is 18.9 Å². The number of hydrogen-bond donors (Lipinski definition) is 0. The Labute approximate surface area is 226 Å². The van der Waals surface area contributed by atoms with E-state index in [1.165, 1.54) is 0 Å². The Balaban J connectivity index is 1.69. The number of aliphatic imine (C=N–C) groups is 4. The lowest BCUT2D eigenvalue weighted by Crippen LogP contribution is -2.18. The Bertz CT molecular complexity index is 1000. The molecule has 4 atom stereocenters. The average molecular weight is 523 g/mol. The molecule has 0 fully saturated rings. The van der Waals surface area contributed by atoms with E-state index in [4.69, 9.17) is 38.9 Å². The van der Waals surface area contributed by atoms with E-state index in [1.807, 2.05) is 0 Å². The zero-order valence-electron chi connectivity index (χ0n) is 24.0. The fourth-order valence-corrected chi connectivity index (χ4v) is 4.82. The van der Waals surface area contributed by atoms with Gasteiger partial charge in [-0.3, -0.25) is 0 Å². The molecule has 4 aliphatic heterocycles. The number of benzene rings is 1. The molecule has 1 aromatic rings. The molecule has 0 radical (unpaired) electrons. The van der Waals surface area contributed by atoms with E-state index in [-0.39, 0.29) is 24.2 Å². The molecule has 0 amide bonds. The van der Waals surface area contributed by atoms with E-state index in [9.17, 15) is 0 Å². The van der Waals surface area contributed by atoms with Crippen LogP contribution in [0, 0.1) is 23.7 Å². The predicted octanol–water partition coefficient (Wildman–Crippen LogP) is 4.89. The summed E-state index contributed by atoms with van der Waals surface area (Å²) in [4.78, 5) is 19.8. The minimum Gasteiger partial charge on any atom is -0.475 e. The normalized spacial score (nSPS) is 26.8. The Morgan fingerprint density at radius 1 is 0.447 bits per heavy atom. The molecule has 5 rings (SSSR count). The fourth-order valence-electron chi connectivity index (χ4n) is 4.82. The molecule has 38 heavy (non-hydrogen) atoms. The second-order valence-corrected chi connectivity index (χ2v) is 12.2. The third-order valence-corrected chi connectivity index (χ3v) is 7.85. The summed E-state index contributed by atoms with van der Waals surface area (Å²) in [7, 11) is 0. The molecule has 1 aromatic carbocycles. The molecular formula is C30H42N4O4. The number of rotatable bonds is 8. The first kappa shape index (κ1) is 26.7. The molecular weight excluding hydrogens is 480 g/mol. The van der Waals surface area contributed by atoms with Crippen molar-refractivity contribution in [2.75, 3.05) is 26.4 Å². The van der Waals surface area contributed by atoms with Gasteiger partial charge in [0.15, 0.2) is 0 Å². The molecule has 0 spiro atoms. The van der Waals surface area contributed by atoms with E-state index < -0.39 is 0 Å². The van der Waals surface area contributed by atoms with Crippen molar-refractivity contribution < 1.29 is 18.9 Å². The van der Waals surface area contributed by atoms with Gasteiger partial charge in [-0.25, -0.2) is 20.0 Å². The average Bonchev–Trinajstić information content (AvgIpc) is 3.69. The van der Waals surface area contributed by atoms with Crippen molar-refractivity contribution in [1.29, 1.82) is 0 Å². The third-order valence-electron chi connectivity index (χ3n) is 7.85. The van der Waals surface area contributed by atoms with Crippen molar-refractivity contribution in [1.82, 2.24) is 0 Å². The van der Waals surface area contributed by atoms with E-state index in [1.54, 1.807) is 0 Å². The lowest BCUT2D eigenvalue weighted by molar-refractivity contribution is 0.288. The molecule has 8 heteroatoms. The summed E-state index contributed by atoms with van der Waals surface area (Å²) in [5.74, 6) is 3.95. The fraction of sp³-hybridized carbons (Fsp3) is 0.667. The Hall–Kier alpha value is -2.90. The van der Waals surface area contributed by atoms with Gasteiger partial charge in [-0.1, -0.05) is 55.4 Å². The topological polar surface area (TPSA) is 86.4 Å². The summed E-state index contributed by atoms with van der Waals surface area (Å²) in [6.07, 6.45) is 0. The summed E-state index contributed by atoms with van der Waals surface area (Å²) >= 11 is 0. The highest BCUT2D eigenvalue weighted by atomic mass is 16.5. The summed E-state index contributed by atoms with van der Waals surface area (Å²) in [5.41, 5.74) is 3.36. The molecule has 0 aromatic heterocycles. The van der Waals surface area contributed by atoms with Crippen LogP contribution in [0.3, 0.4) is 0 Å². The molecule has 0 aliphatic carbocycles. The highest BCUT2D eigenvalue weighted by molar-refractivity contribution is 6.14. The molecule has 0 saturated carbocycles. The standard InChI is InChI=1S/C30H42N4O4/c1-15(2)23-11-35-27(31-23)19-9-21(29-33-25(13-37-29)17(5)6)22(30-34-26(14-38-30)18(7)8)10-20(19)28-32-24(12-36-28)16(3)4/h9-10,15-18,23-26H,11-14H2,1-8H3/t23-,24-,25-,26-/m1/s1. The molecule has 0 saturated heterocycles. The van der Waals surface area contributed by atoms with Gasteiger partial charge in [-0.2, -0.15) is 0 Å². The van der Waals surface area contributed by atoms with Crippen molar-refractivity contribution in [3.05, 3.63) is 34.4 Å². The van der Waals surface area contributed by atoms with Crippen LogP contribution in [0.5, 0.6) is 0 Å². The summed E-state index contributed by atoms with van der Waals surface area (Å²) in [5, 5.41) is 0. The van der Waals surface area contributed by atoms with Crippen LogP contribution in [0.1, 0.15) is 77.6 Å². The number of hydrogen-bond acceptors (Lipinski definition) is 8. The van der Waals surface area contributed by atoms with Gasteiger partial charge in [0.05, 0.1) is 24.2 Å². The minimum absolute atomic E-state index is 0.107. The SMILES string of the molecule is CC(C)[C@H]1COC(c2cc(C3=N[C@@H](C(C)C)CO3)c(C3=N[C@@H](C(C)C)CO3)cc2C2=N[C@@H](C(C)C)CO2)=N1. The van der Waals surface area contributed by atoms with E-state index in [0.29, 0.717) is 73.7 Å². The molecule has 8 nitrogen and oxygen atoms in total. The molecule has 4 heterocycles. The minimum atomic E-state index is 0.107. The first-order chi connectivity index (χ1) is 18.1. The van der Waals surface area contributed by atoms with Crippen LogP contribution >= 0.6 is 0 Å². The molecule has 4 aliphatic rings. The molecule has 0 unspecified atom stereocenters. The first-order valence-corrected chi connectivity index (χ1v) is 14.1. The zero-order valence-corrected chi connectivity index (χ0v) is 24.0. The van der Waals surface area contributed by atoms with Crippen molar-refractivity contribution in [3.8, 4) is 0 Å². The van der Waals surface area contributed by atoms with E-state index >= 15 is 0 Å². The van der Waals surface area contributed by atoms with E-state index in [0.717, 1.165) is 22.3 Å². The van der Waals surface area contributed by atoms with Gasteiger partial charge < -0.3 is 18.9 Å². The van der Waals surface area contributed by atoms with Crippen molar-refractivity contribution >= 4 is 23.6 Å². The van der Waals surface area contributed by atoms with Crippen molar-refractivity contribution in [2.24, 2.45) is 43.6 Å². The highest BCUT2D eigenvalue weighted by Gasteiger charge is 2.35. The number of ether oxygens (including phenoxy) is 4. The lowest BCUT2D eigenvalue weighted by atomic mass is 9.96. The van der Waals surface area contributed by atoms with Gasteiger partial charge in [-0.15, -0.1) is 0 Å². The van der Waals surface area contributed by atoms with Gasteiger partial charge in [0, 0.05) is 22.3 Å². The van der Waals surface area contributed by atoms with Gasteiger partial charge in [0.1, 0.15) is 26.4 Å². The molecule has 0 N–H and O–H groups in total. The van der Waals surface area contributed by atoms with Crippen LogP contribution < -0.4 is 0 Å². The third kappa shape index (κ3) is 5.19. The highest BCUT2D eigenvalue weighted by Crippen LogP contribution is 2.31. The van der Waals surface area contributed by atoms with Crippen LogP contribution in [0.15, 0.2) is 32.1 Å². The smallest absolute Gasteiger partial charge is 0.217 e. The van der Waals surface area contributed by atoms with Gasteiger partial charge in [-0.05, 0) is 35.8 Å². The monoisotopic (exact) mass is 522 g/mol. The maximum absolute atomic E-state index is 6.18. The summed E-state index contributed by atoms with van der Waals surface area (Å²) in [6, 6.07) is 4.56. The quantitative estimate of drug-likeness (QED) is 0.486. The van der Waals surface area contributed by atoms with Gasteiger partial charge in [0.25, 0.3) is 0 Å². The lowest BCUT2D eigenvalue weighted by Gasteiger charge is -2.16. The van der Waals surface area contributed by atoms with Crippen LogP contribution in [0.25, 0.3) is 0 Å². The maximum atomic E-state index is 6.18. The Morgan fingerprint density at radius 3 is 0.816 bits per heavy atom. The Morgan fingerprint density at radius 2 is 0.658 bits per heavy atom. The van der Waals surface area contributed by atoms with Crippen LogP contribution in [0.4, 0.5) is 0 Å². The summed E-state index contributed by atoms with van der Waals surface area (Å²) < 4.78 is 24.7. The van der Waals surface area contributed by atoms with Crippen LogP contribution in [0.2, 0.25) is 0 Å². The molecule has 0 bridgehead atoms. The van der Waals surface area contributed by atoms with Gasteiger partial charge in [0.2, 0.25) is 23.6 Å². The zero-order chi connectivity index (χ0) is 27.1. The van der Waals surface area contributed by atoms with Crippen LogP contribution in [-0.4, -0.2) is 74.2 Å². The predicted molar refractivity (Wildman–Crippen MR) is 151 cm³/mol. The number of nitrogens with zero attached hydrogens (tertiary/aromatic N) is 4. The Kier molecular flexibility index (Phi) is 7.51. The maximum Gasteiger partial charge on any atom is 0.217 e. The molecule has 206 valence electrons. The van der Waals surface area contributed by atoms with Crippen molar-refractivity contribution in [3.63, 3.8) is 0 Å². The summed E-state index contributed by atoms with van der Waals surface area (Å²) in [6.45, 7) is 19.6.